The predicted octanol–water partition coefficient (Wildman–Crippen LogP) is 1.14. The van der Waals surface area contributed by atoms with Gasteiger partial charge in [0.15, 0.2) is 17.9 Å². The Hall–Kier alpha value is -1.09. The number of hydrogen-bond acceptors (Lipinski definition) is 2. The van der Waals surface area contributed by atoms with Crippen LogP contribution in [0.1, 0.15) is 20.8 Å². The lowest BCUT2D eigenvalue weighted by molar-refractivity contribution is -0.754. The zero-order valence-electron chi connectivity index (χ0n) is 10.5. The fourth-order valence-electron chi connectivity index (χ4n) is 2.00. The summed E-state index contributed by atoms with van der Waals surface area (Å²) in [4.78, 5) is 2.43. The minimum Gasteiger partial charge on any atom is -0.369 e. The summed E-state index contributed by atoms with van der Waals surface area (Å²) < 4.78 is 2.25. The molecule has 1 aromatic rings. The Kier molecular flexibility index (Phi) is 3.15. The number of aromatic nitrogens is 1. The highest BCUT2D eigenvalue weighted by molar-refractivity contribution is 5.44. The van der Waals surface area contributed by atoms with Crippen LogP contribution in [0.4, 0.5) is 5.69 Å². The summed E-state index contributed by atoms with van der Waals surface area (Å²) in [6.45, 7) is 11.1. The van der Waals surface area contributed by atoms with Gasteiger partial charge in [0.1, 0.15) is 0 Å². The lowest BCUT2D eigenvalue weighted by Crippen LogP contribution is -2.50. The summed E-state index contributed by atoms with van der Waals surface area (Å²) in [5.74, 6) is 0. The summed E-state index contributed by atoms with van der Waals surface area (Å²) in [5.41, 5.74) is 1.50. The normalized spacial score (nSPS) is 17.6. The van der Waals surface area contributed by atoms with Crippen LogP contribution in [0.15, 0.2) is 24.5 Å². The molecule has 1 aromatic heterocycles. The van der Waals surface area contributed by atoms with E-state index in [0.29, 0.717) is 0 Å². The molecule has 2 heterocycles. The van der Waals surface area contributed by atoms with Gasteiger partial charge in [-0.05, 0) is 0 Å². The number of piperazine rings is 1. The maximum atomic E-state index is 3.37. The fourth-order valence-corrected chi connectivity index (χ4v) is 2.00. The van der Waals surface area contributed by atoms with Crippen LogP contribution in [-0.2, 0) is 5.54 Å². The molecule has 1 aliphatic rings. The molecular weight excluding hydrogens is 198 g/mol. The van der Waals surface area contributed by atoms with Crippen LogP contribution in [-0.4, -0.2) is 26.2 Å². The first kappa shape index (κ1) is 11.4. The van der Waals surface area contributed by atoms with E-state index in [1.54, 1.807) is 0 Å². The summed E-state index contributed by atoms with van der Waals surface area (Å²) in [7, 11) is 0. The van der Waals surface area contributed by atoms with Gasteiger partial charge >= 0.3 is 0 Å². The Morgan fingerprint density at radius 3 is 2.19 bits per heavy atom. The van der Waals surface area contributed by atoms with Crippen molar-refractivity contribution < 1.29 is 4.57 Å². The average Bonchev–Trinajstić information content (AvgIpc) is 2.29. The third kappa shape index (κ3) is 2.53. The first-order valence-electron chi connectivity index (χ1n) is 6.05. The first-order chi connectivity index (χ1) is 7.57. The molecule has 3 heteroatoms. The van der Waals surface area contributed by atoms with Gasteiger partial charge < -0.3 is 10.2 Å². The second kappa shape index (κ2) is 4.42. The van der Waals surface area contributed by atoms with Gasteiger partial charge in [-0.15, -0.1) is 0 Å². The Balaban J connectivity index is 2.12. The lowest BCUT2D eigenvalue weighted by atomic mass is 10.1. The van der Waals surface area contributed by atoms with E-state index in [0.717, 1.165) is 26.2 Å². The Bertz CT molecular complexity index is 331. The molecule has 16 heavy (non-hydrogen) atoms. The number of rotatable bonds is 1. The van der Waals surface area contributed by atoms with Gasteiger partial charge in [-0.3, -0.25) is 0 Å². The van der Waals surface area contributed by atoms with E-state index < -0.39 is 0 Å². The van der Waals surface area contributed by atoms with Crippen molar-refractivity contribution in [3.05, 3.63) is 24.5 Å². The molecule has 0 amide bonds. The zero-order chi connectivity index (χ0) is 11.6. The standard InChI is InChI=1S/C13H22N3/c1-13(2,3)16-8-4-12(5-9-16)15-10-6-14-7-11-15/h4-5,8-9,14H,6-7,10-11H2,1-3H3/q+1. The third-order valence-corrected chi connectivity index (χ3v) is 3.07. The molecule has 0 atom stereocenters. The summed E-state index contributed by atoms with van der Waals surface area (Å²) in [5, 5.41) is 3.37. The average molecular weight is 220 g/mol. The maximum absolute atomic E-state index is 3.37. The molecule has 0 bridgehead atoms. The van der Waals surface area contributed by atoms with E-state index in [9.17, 15) is 0 Å². The topological polar surface area (TPSA) is 19.1 Å². The molecule has 1 saturated heterocycles. The maximum Gasteiger partial charge on any atom is 0.171 e. The van der Waals surface area contributed by atoms with Crippen molar-refractivity contribution in [3.63, 3.8) is 0 Å². The van der Waals surface area contributed by atoms with Crippen LogP contribution >= 0.6 is 0 Å². The van der Waals surface area contributed by atoms with Crippen LogP contribution < -0.4 is 14.8 Å². The summed E-state index contributed by atoms with van der Waals surface area (Å²) in [6, 6.07) is 4.44. The van der Waals surface area contributed by atoms with Crippen LogP contribution in [0, 0.1) is 0 Å². The monoisotopic (exact) mass is 220 g/mol. The minimum absolute atomic E-state index is 0.169. The van der Waals surface area contributed by atoms with Gasteiger partial charge in [0.25, 0.3) is 0 Å². The van der Waals surface area contributed by atoms with E-state index in [4.69, 9.17) is 0 Å². The first-order valence-corrected chi connectivity index (χ1v) is 6.05. The van der Waals surface area contributed by atoms with Crippen molar-refractivity contribution in [2.24, 2.45) is 0 Å². The number of nitrogens with one attached hydrogen (secondary N) is 1. The summed E-state index contributed by atoms with van der Waals surface area (Å²) in [6.07, 6.45) is 4.36. The molecule has 88 valence electrons. The van der Waals surface area contributed by atoms with Crippen molar-refractivity contribution in [3.8, 4) is 0 Å². The number of anilines is 1. The molecule has 1 aliphatic heterocycles. The van der Waals surface area contributed by atoms with Crippen molar-refractivity contribution in [2.75, 3.05) is 31.1 Å². The zero-order valence-corrected chi connectivity index (χ0v) is 10.5. The molecular formula is C13H22N3+. The van der Waals surface area contributed by atoms with Gasteiger partial charge in [0.05, 0.1) is 0 Å². The molecule has 2 rings (SSSR count). The van der Waals surface area contributed by atoms with Crippen molar-refractivity contribution >= 4 is 5.69 Å². The second-order valence-electron chi connectivity index (χ2n) is 5.37. The highest BCUT2D eigenvalue weighted by atomic mass is 15.2. The van der Waals surface area contributed by atoms with E-state index in [2.05, 4.69) is 60.1 Å². The number of pyridine rings is 1. The molecule has 1 fully saturated rings. The molecule has 3 nitrogen and oxygen atoms in total. The fraction of sp³-hybridized carbons (Fsp3) is 0.615. The molecule has 0 aromatic carbocycles. The molecule has 0 spiro atoms. The quantitative estimate of drug-likeness (QED) is 0.716. The highest BCUT2D eigenvalue weighted by Crippen LogP contribution is 2.13. The van der Waals surface area contributed by atoms with Crippen molar-refractivity contribution in [1.29, 1.82) is 0 Å². The van der Waals surface area contributed by atoms with Crippen LogP contribution in [0.25, 0.3) is 0 Å². The van der Waals surface area contributed by atoms with Gasteiger partial charge in [0.2, 0.25) is 0 Å². The van der Waals surface area contributed by atoms with E-state index in [1.807, 2.05) is 0 Å². The Labute approximate surface area is 98.1 Å². The smallest absolute Gasteiger partial charge is 0.171 e. The van der Waals surface area contributed by atoms with E-state index in [-0.39, 0.29) is 5.54 Å². The summed E-state index contributed by atoms with van der Waals surface area (Å²) >= 11 is 0. The van der Waals surface area contributed by atoms with Gasteiger partial charge in [-0.1, -0.05) is 0 Å². The molecule has 0 radical (unpaired) electrons. The number of hydrogen-bond donors (Lipinski definition) is 1. The van der Waals surface area contributed by atoms with Crippen molar-refractivity contribution in [1.82, 2.24) is 5.32 Å². The van der Waals surface area contributed by atoms with Crippen molar-refractivity contribution in [2.45, 2.75) is 26.3 Å². The second-order valence-corrected chi connectivity index (χ2v) is 5.37. The molecule has 0 saturated carbocycles. The highest BCUT2D eigenvalue weighted by Gasteiger charge is 2.21. The predicted molar refractivity (Wildman–Crippen MR) is 66.7 cm³/mol. The molecule has 1 N–H and O–H groups in total. The van der Waals surface area contributed by atoms with Gasteiger partial charge in [0, 0.05) is 64.8 Å². The SMILES string of the molecule is CC(C)(C)[n+]1ccc(N2CCNCC2)cc1. The Morgan fingerprint density at radius 2 is 1.69 bits per heavy atom. The molecule has 0 unspecified atom stereocenters. The third-order valence-electron chi connectivity index (χ3n) is 3.07. The molecule has 0 aliphatic carbocycles. The number of nitrogens with zero attached hydrogens (tertiary/aromatic N) is 2. The lowest BCUT2D eigenvalue weighted by Gasteiger charge is -2.29. The van der Waals surface area contributed by atoms with E-state index >= 15 is 0 Å². The Morgan fingerprint density at radius 1 is 1.12 bits per heavy atom. The van der Waals surface area contributed by atoms with Crippen LogP contribution in [0.3, 0.4) is 0 Å². The minimum atomic E-state index is 0.169. The van der Waals surface area contributed by atoms with Gasteiger partial charge in [-0.25, -0.2) is 4.57 Å². The van der Waals surface area contributed by atoms with Crippen LogP contribution in [0.2, 0.25) is 0 Å². The largest absolute Gasteiger partial charge is 0.369 e. The van der Waals surface area contributed by atoms with E-state index in [1.165, 1.54) is 5.69 Å². The van der Waals surface area contributed by atoms with Crippen LogP contribution in [0.5, 0.6) is 0 Å². The van der Waals surface area contributed by atoms with Gasteiger partial charge in [-0.2, -0.15) is 0 Å².